The Kier molecular flexibility index (Phi) is 4.30. The molecule has 0 aliphatic rings. The van der Waals surface area contributed by atoms with E-state index >= 15 is 0 Å². The maximum atomic E-state index is 13.2. The minimum Gasteiger partial charge on any atom is -0.489 e. The predicted molar refractivity (Wildman–Crippen MR) is 63.9 cm³/mol. The molecule has 0 aliphatic heterocycles. The van der Waals surface area contributed by atoms with Gasteiger partial charge >= 0.3 is 0 Å². The molecule has 0 aliphatic carbocycles. The lowest BCUT2D eigenvalue weighted by molar-refractivity contribution is 0.234. The molecule has 3 heteroatoms. The molecule has 0 fully saturated rings. The van der Waals surface area contributed by atoms with E-state index in [9.17, 15) is 4.39 Å². The Balaban J connectivity index is 2.43. The third-order valence-electron chi connectivity index (χ3n) is 2.16. The van der Waals surface area contributed by atoms with E-state index in [1.807, 2.05) is 0 Å². The first-order chi connectivity index (χ1) is 7.38. The van der Waals surface area contributed by atoms with Crippen LogP contribution >= 0.6 is 0 Å². The standard InChI is InChI=1S/C13H20FNO/c1-13(2,3)8-10(15)9-16-12-7-5-4-6-11(12)14/h4-7,10H,8-9,15H2,1-3H3. The Morgan fingerprint density at radius 3 is 2.50 bits per heavy atom. The third kappa shape index (κ3) is 4.62. The summed E-state index contributed by atoms with van der Waals surface area (Å²) >= 11 is 0. The molecule has 1 unspecified atom stereocenters. The van der Waals surface area contributed by atoms with Crippen LogP contribution in [0.15, 0.2) is 24.3 Å². The zero-order chi connectivity index (χ0) is 12.2. The van der Waals surface area contributed by atoms with E-state index < -0.39 is 0 Å². The molecule has 90 valence electrons. The lowest BCUT2D eigenvalue weighted by Crippen LogP contribution is -2.32. The summed E-state index contributed by atoms with van der Waals surface area (Å²) in [7, 11) is 0. The smallest absolute Gasteiger partial charge is 0.165 e. The van der Waals surface area contributed by atoms with E-state index in [1.54, 1.807) is 18.2 Å². The first-order valence-electron chi connectivity index (χ1n) is 5.51. The number of rotatable bonds is 4. The molecule has 0 aromatic heterocycles. The quantitative estimate of drug-likeness (QED) is 0.855. The van der Waals surface area contributed by atoms with Gasteiger partial charge < -0.3 is 10.5 Å². The van der Waals surface area contributed by atoms with Crippen molar-refractivity contribution >= 4 is 0 Å². The van der Waals surface area contributed by atoms with Gasteiger partial charge in [-0.3, -0.25) is 0 Å². The Morgan fingerprint density at radius 1 is 1.31 bits per heavy atom. The molecule has 0 spiro atoms. The summed E-state index contributed by atoms with van der Waals surface area (Å²) in [5, 5.41) is 0. The second-order valence-electron chi connectivity index (χ2n) is 5.27. The highest BCUT2D eigenvalue weighted by atomic mass is 19.1. The van der Waals surface area contributed by atoms with Crippen molar-refractivity contribution in [2.24, 2.45) is 11.1 Å². The first kappa shape index (κ1) is 13.0. The van der Waals surface area contributed by atoms with Gasteiger partial charge in [0.15, 0.2) is 11.6 Å². The van der Waals surface area contributed by atoms with Crippen LogP contribution in [0.2, 0.25) is 0 Å². The third-order valence-corrected chi connectivity index (χ3v) is 2.16. The van der Waals surface area contributed by atoms with Gasteiger partial charge in [0, 0.05) is 6.04 Å². The van der Waals surface area contributed by atoms with E-state index in [-0.39, 0.29) is 23.0 Å². The minimum atomic E-state index is -0.342. The van der Waals surface area contributed by atoms with Crippen molar-refractivity contribution in [2.45, 2.75) is 33.2 Å². The fourth-order valence-corrected chi connectivity index (χ4v) is 1.60. The lowest BCUT2D eigenvalue weighted by atomic mass is 9.89. The molecule has 0 bridgehead atoms. The number of halogens is 1. The van der Waals surface area contributed by atoms with Gasteiger partial charge in [0.2, 0.25) is 0 Å². The van der Waals surface area contributed by atoms with Gasteiger partial charge in [-0.1, -0.05) is 32.9 Å². The lowest BCUT2D eigenvalue weighted by Gasteiger charge is -2.23. The average molecular weight is 225 g/mol. The van der Waals surface area contributed by atoms with Crippen LogP contribution in [0.1, 0.15) is 27.2 Å². The molecule has 0 amide bonds. The summed E-state index contributed by atoms with van der Waals surface area (Å²) in [6, 6.07) is 6.30. The monoisotopic (exact) mass is 225 g/mol. The molecule has 16 heavy (non-hydrogen) atoms. The molecule has 1 aromatic rings. The van der Waals surface area contributed by atoms with Crippen LogP contribution in [0.4, 0.5) is 4.39 Å². The number of nitrogens with two attached hydrogens (primary N) is 1. The molecule has 0 saturated heterocycles. The highest BCUT2D eigenvalue weighted by Gasteiger charge is 2.16. The van der Waals surface area contributed by atoms with Gasteiger partial charge in [0.1, 0.15) is 6.61 Å². The summed E-state index contributed by atoms with van der Waals surface area (Å²) in [5.74, 6) is -0.0719. The van der Waals surface area contributed by atoms with Crippen LogP contribution in [0, 0.1) is 11.2 Å². The fourth-order valence-electron chi connectivity index (χ4n) is 1.60. The topological polar surface area (TPSA) is 35.2 Å². The Labute approximate surface area is 96.6 Å². The van der Waals surface area contributed by atoms with E-state index in [1.165, 1.54) is 6.07 Å². The summed E-state index contributed by atoms with van der Waals surface area (Å²) < 4.78 is 18.6. The fraction of sp³-hybridized carbons (Fsp3) is 0.538. The van der Waals surface area contributed by atoms with Crippen molar-refractivity contribution in [2.75, 3.05) is 6.61 Å². The zero-order valence-electron chi connectivity index (χ0n) is 10.2. The Morgan fingerprint density at radius 2 is 1.94 bits per heavy atom. The van der Waals surface area contributed by atoms with Gasteiger partial charge in [0.25, 0.3) is 0 Å². The van der Waals surface area contributed by atoms with E-state index in [2.05, 4.69) is 20.8 Å². The van der Waals surface area contributed by atoms with E-state index in [0.29, 0.717) is 6.61 Å². The number of ether oxygens (including phenoxy) is 1. The highest BCUT2D eigenvalue weighted by Crippen LogP contribution is 2.21. The van der Waals surface area contributed by atoms with Gasteiger partial charge in [-0.25, -0.2) is 4.39 Å². The molecule has 0 radical (unpaired) electrons. The van der Waals surface area contributed by atoms with E-state index in [4.69, 9.17) is 10.5 Å². The Bertz CT molecular complexity index is 333. The van der Waals surface area contributed by atoms with Crippen molar-refractivity contribution in [3.05, 3.63) is 30.1 Å². The van der Waals surface area contributed by atoms with E-state index in [0.717, 1.165) is 6.42 Å². The van der Waals surface area contributed by atoms with Crippen LogP contribution in [0.3, 0.4) is 0 Å². The van der Waals surface area contributed by atoms with Crippen LogP contribution in [0.5, 0.6) is 5.75 Å². The SMILES string of the molecule is CC(C)(C)CC(N)COc1ccccc1F. The summed E-state index contributed by atoms with van der Waals surface area (Å²) in [4.78, 5) is 0. The second-order valence-corrected chi connectivity index (χ2v) is 5.27. The van der Waals surface area contributed by atoms with Gasteiger partial charge in [0.05, 0.1) is 0 Å². The molecule has 0 saturated carbocycles. The van der Waals surface area contributed by atoms with Crippen molar-refractivity contribution in [3.8, 4) is 5.75 Å². The molecular weight excluding hydrogens is 205 g/mol. The van der Waals surface area contributed by atoms with Crippen LogP contribution in [-0.2, 0) is 0 Å². The van der Waals surface area contributed by atoms with Gasteiger partial charge in [-0.15, -0.1) is 0 Å². The maximum Gasteiger partial charge on any atom is 0.165 e. The average Bonchev–Trinajstić information content (AvgIpc) is 2.14. The number of hydrogen-bond donors (Lipinski definition) is 1. The molecule has 2 nitrogen and oxygen atoms in total. The van der Waals surface area contributed by atoms with Gasteiger partial charge in [-0.05, 0) is 24.0 Å². The molecule has 1 atom stereocenters. The molecule has 2 N–H and O–H groups in total. The second kappa shape index (κ2) is 5.30. The zero-order valence-corrected chi connectivity index (χ0v) is 10.2. The number of benzene rings is 1. The summed E-state index contributed by atoms with van der Waals surface area (Å²) in [6.45, 7) is 6.71. The normalized spacial score (nSPS) is 13.6. The van der Waals surface area contributed by atoms with Crippen molar-refractivity contribution in [1.82, 2.24) is 0 Å². The van der Waals surface area contributed by atoms with Crippen molar-refractivity contribution in [1.29, 1.82) is 0 Å². The number of hydrogen-bond acceptors (Lipinski definition) is 2. The maximum absolute atomic E-state index is 13.2. The van der Waals surface area contributed by atoms with Crippen LogP contribution in [-0.4, -0.2) is 12.6 Å². The largest absolute Gasteiger partial charge is 0.489 e. The minimum absolute atomic E-state index is 0.0698. The molecule has 1 rings (SSSR count). The summed E-state index contributed by atoms with van der Waals surface area (Å²) in [6.07, 6.45) is 0.849. The first-order valence-corrected chi connectivity index (χ1v) is 5.51. The Hall–Kier alpha value is -1.09. The van der Waals surface area contributed by atoms with Crippen LogP contribution in [0.25, 0.3) is 0 Å². The molecular formula is C13H20FNO. The summed E-state index contributed by atoms with van der Waals surface area (Å²) in [5.41, 5.74) is 6.07. The molecule has 1 aromatic carbocycles. The van der Waals surface area contributed by atoms with Crippen molar-refractivity contribution < 1.29 is 9.13 Å². The number of para-hydroxylation sites is 1. The van der Waals surface area contributed by atoms with Crippen LogP contribution < -0.4 is 10.5 Å². The van der Waals surface area contributed by atoms with Crippen molar-refractivity contribution in [3.63, 3.8) is 0 Å². The molecule has 0 heterocycles. The highest BCUT2D eigenvalue weighted by molar-refractivity contribution is 5.23. The predicted octanol–water partition coefficient (Wildman–Crippen LogP) is 2.97. The van der Waals surface area contributed by atoms with Gasteiger partial charge in [-0.2, -0.15) is 0 Å².